The Morgan fingerprint density at radius 2 is 1.83 bits per heavy atom. The Labute approximate surface area is 142 Å². The maximum Gasteiger partial charge on any atom is 0.334 e. The molecular formula is C16H15NO6S. The van der Waals surface area contributed by atoms with Gasteiger partial charge in [-0.3, -0.25) is 10.1 Å². The maximum absolute atomic E-state index is 11.2. The van der Waals surface area contributed by atoms with Crippen LogP contribution in [0.2, 0.25) is 0 Å². The third-order valence-corrected chi connectivity index (χ3v) is 4.68. The van der Waals surface area contributed by atoms with Crippen molar-refractivity contribution in [1.82, 2.24) is 0 Å². The first kappa shape index (κ1) is 17.8. The number of para-hydroxylation sites is 1. The summed E-state index contributed by atoms with van der Waals surface area (Å²) in [6.45, 7) is 0. The number of thioether (sulfide) groups is 1. The number of carboxylic acids is 1. The number of hydrogen-bond acceptors (Lipinski definition) is 6. The fourth-order valence-corrected chi connectivity index (χ4v) is 3.31. The van der Waals surface area contributed by atoms with Gasteiger partial charge in [-0.15, -0.1) is 11.8 Å². The number of aliphatic hydroxyl groups excluding tert-OH is 1. The lowest BCUT2D eigenvalue weighted by atomic mass is 10.1. The van der Waals surface area contributed by atoms with Crippen molar-refractivity contribution < 1.29 is 24.7 Å². The van der Waals surface area contributed by atoms with Crippen LogP contribution < -0.4 is 4.74 Å². The summed E-state index contributed by atoms with van der Waals surface area (Å²) in [4.78, 5) is 22.1. The predicted octanol–water partition coefficient (Wildman–Crippen LogP) is 2.88. The van der Waals surface area contributed by atoms with Crippen LogP contribution in [-0.2, 0) is 4.79 Å². The van der Waals surface area contributed by atoms with Gasteiger partial charge in [-0.1, -0.05) is 24.3 Å². The Kier molecular flexibility index (Phi) is 5.78. The van der Waals surface area contributed by atoms with Gasteiger partial charge in [0.15, 0.2) is 6.10 Å². The van der Waals surface area contributed by atoms with Crippen molar-refractivity contribution >= 4 is 23.4 Å². The van der Waals surface area contributed by atoms with E-state index in [0.717, 1.165) is 11.8 Å². The Morgan fingerprint density at radius 3 is 2.38 bits per heavy atom. The molecule has 8 heteroatoms. The summed E-state index contributed by atoms with van der Waals surface area (Å²) in [5, 5.41) is 29.4. The van der Waals surface area contributed by atoms with E-state index in [-0.39, 0.29) is 10.6 Å². The Hall–Kier alpha value is -2.58. The number of ether oxygens (including phenoxy) is 1. The van der Waals surface area contributed by atoms with Crippen molar-refractivity contribution in [3.63, 3.8) is 0 Å². The lowest BCUT2D eigenvalue weighted by molar-refractivity contribution is -0.387. The molecule has 0 spiro atoms. The number of aliphatic carboxylic acids is 1. The lowest BCUT2D eigenvalue weighted by Crippen LogP contribution is -2.26. The molecular weight excluding hydrogens is 334 g/mol. The van der Waals surface area contributed by atoms with Gasteiger partial charge in [0.2, 0.25) is 0 Å². The quantitative estimate of drug-likeness (QED) is 0.449. The normalized spacial score (nSPS) is 13.1. The highest BCUT2D eigenvalue weighted by Crippen LogP contribution is 2.42. The standard InChI is InChI=1S/C16H15NO6S/c1-23-11-8-6-10(7-9-11)15(14(18)16(19)20)24-13-5-3-2-4-12(13)17(21)22/h2-9,14-15,18H,1H3,(H,19,20)/t14-,15+/m0/s1. The predicted molar refractivity (Wildman–Crippen MR) is 88.3 cm³/mol. The van der Waals surface area contributed by atoms with Gasteiger partial charge in [-0.25, -0.2) is 4.79 Å². The largest absolute Gasteiger partial charge is 0.497 e. The van der Waals surface area contributed by atoms with E-state index in [4.69, 9.17) is 9.84 Å². The number of rotatable bonds is 7. The van der Waals surface area contributed by atoms with Crippen LogP contribution in [0.4, 0.5) is 5.69 Å². The van der Waals surface area contributed by atoms with Gasteiger partial charge in [0.05, 0.1) is 22.2 Å². The number of benzene rings is 2. The van der Waals surface area contributed by atoms with Crippen LogP contribution in [0.25, 0.3) is 0 Å². The average molecular weight is 349 g/mol. The monoisotopic (exact) mass is 349 g/mol. The van der Waals surface area contributed by atoms with Crippen molar-refractivity contribution in [1.29, 1.82) is 0 Å². The summed E-state index contributed by atoms with van der Waals surface area (Å²) in [5.74, 6) is -0.820. The number of aliphatic hydroxyl groups is 1. The minimum Gasteiger partial charge on any atom is -0.497 e. The number of nitro benzene ring substituents is 1. The molecule has 0 fully saturated rings. The summed E-state index contributed by atoms with van der Waals surface area (Å²) >= 11 is 0.933. The molecule has 7 nitrogen and oxygen atoms in total. The molecule has 126 valence electrons. The van der Waals surface area contributed by atoms with E-state index in [1.807, 2.05) is 0 Å². The fourth-order valence-electron chi connectivity index (χ4n) is 2.08. The zero-order valence-electron chi connectivity index (χ0n) is 12.7. The summed E-state index contributed by atoms with van der Waals surface area (Å²) in [6.07, 6.45) is -1.72. The van der Waals surface area contributed by atoms with Gasteiger partial charge in [0.1, 0.15) is 5.75 Å². The molecule has 24 heavy (non-hydrogen) atoms. The van der Waals surface area contributed by atoms with Crippen LogP contribution >= 0.6 is 11.8 Å². The molecule has 2 atom stereocenters. The topological polar surface area (TPSA) is 110 Å². The molecule has 0 bridgehead atoms. The van der Waals surface area contributed by atoms with Crippen LogP contribution in [0, 0.1) is 10.1 Å². The fraction of sp³-hybridized carbons (Fsp3) is 0.188. The molecule has 0 saturated heterocycles. The Bertz CT molecular complexity index is 734. The van der Waals surface area contributed by atoms with Gasteiger partial charge in [-0.05, 0) is 23.8 Å². The summed E-state index contributed by atoms with van der Waals surface area (Å²) in [5.41, 5.74) is 0.382. The third-order valence-electron chi connectivity index (χ3n) is 3.30. The first-order chi connectivity index (χ1) is 11.4. The average Bonchev–Trinajstić information content (AvgIpc) is 2.59. The number of methoxy groups -OCH3 is 1. The molecule has 2 aromatic rings. The first-order valence-electron chi connectivity index (χ1n) is 6.89. The zero-order chi connectivity index (χ0) is 17.7. The van der Waals surface area contributed by atoms with Crippen molar-refractivity contribution in [2.24, 2.45) is 0 Å². The third kappa shape index (κ3) is 4.03. The van der Waals surface area contributed by atoms with E-state index in [0.29, 0.717) is 11.3 Å². The lowest BCUT2D eigenvalue weighted by Gasteiger charge is -2.20. The molecule has 0 amide bonds. The number of hydrogen-bond donors (Lipinski definition) is 2. The number of carboxylic acid groups (broad SMARTS) is 1. The van der Waals surface area contributed by atoms with Crippen LogP contribution in [0.15, 0.2) is 53.4 Å². The minimum absolute atomic E-state index is 0.140. The van der Waals surface area contributed by atoms with Gasteiger partial charge in [0.25, 0.3) is 5.69 Å². The molecule has 2 N–H and O–H groups in total. The molecule has 0 heterocycles. The van der Waals surface area contributed by atoms with Crippen LogP contribution in [0.5, 0.6) is 5.75 Å². The molecule has 0 unspecified atom stereocenters. The van der Waals surface area contributed by atoms with Crippen molar-refractivity contribution in [2.45, 2.75) is 16.2 Å². The van der Waals surface area contributed by atoms with Crippen molar-refractivity contribution in [2.75, 3.05) is 7.11 Å². The van der Waals surface area contributed by atoms with E-state index in [9.17, 15) is 20.0 Å². The van der Waals surface area contributed by atoms with Crippen LogP contribution in [-0.4, -0.2) is 34.3 Å². The van der Waals surface area contributed by atoms with E-state index in [1.165, 1.54) is 25.3 Å². The molecule has 0 radical (unpaired) electrons. The summed E-state index contributed by atoms with van der Waals surface area (Å²) in [6, 6.07) is 12.5. The van der Waals surface area contributed by atoms with Crippen molar-refractivity contribution in [3.05, 3.63) is 64.2 Å². The van der Waals surface area contributed by atoms with E-state index >= 15 is 0 Å². The molecule has 0 aromatic heterocycles. The second kappa shape index (κ2) is 7.80. The van der Waals surface area contributed by atoms with E-state index in [2.05, 4.69) is 0 Å². The molecule has 0 aliphatic rings. The Balaban J connectivity index is 2.40. The number of nitro groups is 1. The Morgan fingerprint density at radius 1 is 1.21 bits per heavy atom. The molecule has 0 saturated carbocycles. The summed E-state index contributed by atoms with van der Waals surface area (Å²) in [7, 11) is 1.50. The molecule has 2 aromatic carbocycles. The molecule has 0 aliphatic carbocycles. The van der Waals surface area contributed by atoms with Gasteiger partial charge in [-0.2, -0.15) is 0 Å². The highest BCUT2D eigenvalue weighted by Gasteiger charge is 2.30. The molecule has 2 rings (SSSR count). The summed E-state index contributed by atoms with van der Waals surface area (Å²) < 4.78 is 5.05. The van der Waals surface area contributed by atoms with Crippen molar-refractivity contribution in [3.8, 4) is 5.75 Å². The number of nitrogens with zero attached hydrogens (tertiary/aromatic N) is 1. The van der Waals surface area contributed by atoms with Gasteiger partial charge >= 0.3 is 5.97 Å². The van der Waals surface area contributed by atoms with Gasteiger partial charge in [0, 0.05) is 6.07 Å². The second-order valence-electron chi connectivity index (χ2n) is 4.82. The van der Waals surface area contributed by atoms with E-state index < -0.39 is 22.2 Å². The smallest absolute Gasteiger partial charge is 0.334 e. The first-order valence-corrected chi connectivity index (χ1v) is 7.77. The van der Waals surface area contributed by atoms with Crippen LogP contribution in [0.3, 0.4) is 0 Å². The minimum atomic E-state index is -1.72. The number of carbonyl (C=O) groups is 1. The zero-order valence-corrected chi connectivity index (χ0v) is 13.5. The maximum atomic E-state index is 11.2. The SMILES string of the molecule is COc1ccc([C@@H](Sc2ccccc2[N+](=O)[O-])[C@H](O)C(=O)O)cc1. The van der Waals surface area contributed by atoms with E-state index in [1.54, 1.807) is 30.3 Å². The second-order valence-corrected chi connectivity index (χ2v) is 6.00. The van der Waals surface area contributed by atoms with Crippen LogP contribution in [0.1, 0.15) is 10.8 Å². The van der Waals surface area contributed by atoms with Gasteiger partial charge < -0.3 is 14.9 Å². The highest BCUT2D eigenvalue weighted by molar-refractivity contribution is 7.99. The molecule has 0 aliphatic heterocycles. The highest BCUT2D eigenvalue weighted by atomic mass is 32.2.